The SMILES string of the molecule is O/N=C/c1nc(CCCN2CCc3c([nH]c4ccccc34)C2)ccc1O. The van der Waals surface area contributed by atoms with Crippen LogP contribution < -0.4 is 0 Å². The lowest BCUT2D eigenvalue weighted by Gasteiger charge is -2.26. The largest absolute Gasteiger partial charge is 0.506 e. The van der Waals surface area contributed by atoms with Crippen LogP contribution in [0.2, 0.25) is 0 Å². The van der Waals surface area contributed by atoms with Crippen molar-refractivity contribution < 1.29 is 10.3 Å². The van der Waals surface area contributed by atoms with Crippen molar-refractivity contribution in [3.63, 3.8) is 0 Å². The fraction of sp³-hybridized carbons (Fsp3) is 0.300. The molecule has 3 aromatic rings. The van der Waals surface area contributed by atoms with Crippen LogP contribution in [0.4, 0.5) is 0 Å². The zero-order chi connectivity index (χ0) is 17.9. The van der Waals surface area contributed by atoms with Crippen molar-refractivity contribution in [2.45, 2.75) is 25.8 Å². The number of aromatic hydroxyl groups is 1. The van der Waals surface area contributed by atoms with Gasteiger partial charge in [0.25, 0.3) is 0 Å². The van der Waals surface area contributed by atoms with Crippen molar-refractivity contribution in [1.82, 2.24) is 14.9 Å². The number of aromatic nitrogens is 2. The molecule has 0 atom stereocenters. The number of H-pyrrole nitrogens is 1. The molecular formula is C20H22N4O2. The molecule has 0 unspecified atom stereocenters. The van der Waals surface area contributed by atoms with Crippen molar-refractivity contribution in [3.8, 4) is 5.75 Å². The first-order valence-electron chi connectivity index (χ1n) is 8.92. The summed E-state index contributed by atoms with van der Waals surface area (Å²) in [6.07, 6.45) is 4.04. The molecule has 3 N–H and O–H groups in total. The van der Waals surface area contributed by atoms with Crippen LogP contribution in [0.15, 0.2) is 41.6 Å². The van der Waals surface area contributed by atoms with E-state index in [9.17, 15) is 5.11 Å². The van der Waals surface area contributed by atoms with Gasteiger partial charge >= 0.3 is 0 Å². The number of nitrogens with zero attached hydrogens (tertiary/aromatic N) is 3. The molecule has 0 amide bonds. The standard InChI is InChI=1S/C20H22N4O2/c25-20-8-7-14(22-18(20)12-21-26)4-3-10-24-11-9-16-15-5-1-2-6-17(15)23-19(16)13-24/h1-2,5-8,12,23,25-26H,3-4,9-11,13H2/b21-12+. The van der Waals surface area contributed by atoms with Gasteiger partial charge in [-0.25, -0.2) is 4.98 Å². The Kier molecular flexibility index (Phi) is 4.58. The Hall–Kier alpha value is -2.86. The van der Waals surface area contributed by atoms with Crippen LogP contribution in [0, 0.1) is 0 Å². The Morgan fingerprint density at radius 3 is 3.00 bits per heavy atom. The first-order valence-corrected chi connectivity index (χ1v) is 8.92. The average molecular weight is 350 g/mol. The number of hydrogen-bond acceptors (Lipinski definition) is 5. The lowest BCUT2D eigenvalue weighted by Crippen LogP contribution is -2.31. The van der Waals surface area contributed by atoms with Crippen LogP contribution >= 0.6 is 0 Å². The number of aryl methyl sites for hydroxylation is 1. The van der Waals surface area contributed by atoms with Gasteiger partial charge in [0.2, 0.25) is 0 Å². The third-order valence-corrected chi connectivity index (χ3v) is 5.01. The van der Waals surface area contributed by atoms with E-state index in [1.807, 2.05) is 6.07 Å². The molecule has 1 aromatic carbocycles. The van der Waals surface area contributed by atoms with Gasteiger partial charge in [0.15, 0.2) is 0 Å². The third-order valence-electron chi connectivity index (χ3n) is 5.01. The highest BCUT2D eigenvalue weighted by molar-refractivity contribution is 5.84. The predicted octanol–water partition coefficient (Wildman–Crippen LogP) is 3.07. The first-order chi connectivity index (χ1) is 12.7. The molecule has 4 rings (SSSR count). The minimum atomic E-state index is 0.0221. The molecule has 3 heterocycles. The second kappa shape index (κ2) is 7.17. The Morgan fingerprint density at radius 2 is 2.12 bits per heavy atom. The lowest BCUT2D eigenvalue weighted by atomic mass is 10.0. The normalized spacial score (nSPS) is 14.9. The third kappa shape index (κ3) is 3.28. The summed E-state index contributed by atoms with van der Waals surface area (Å²) in [6, 6.07) is 11.9. The second-order valence-electron chi connectivity index (χ2n) is 6.71. The number of pyridine rings is 1. The van der Waals surface area contributed by atoms with Crippen LogP contribution in [-0.2, 0) is 19.4 Å². The number of para-hydroxylation sites is 1. The number of oxime groups is 1. The molecule has 0 aliphatic carbocycles. The summed E-state index contributed by atoms with van der Waals surface area (Å²) in [4.78, 5) is 10.4. The maximum absolute atomic E-state index is 9.67. The predicted molar refractivity (Wildman–Crippen MR) is 101 cm³/mol. The van der Waals surface area contributed by atoms with Crippen molar-refractivity contribution in [3.05, 3.63) is 59.0 Å². The van der Waals surface area contributed by atoms with E-state index in [1.165, 1.54) is 22.2 Å². The van der Waals surface area contributed by atoms with E-state index >= 15 is 0 Å². The van der Waals surface area contributed by atoms with Crippen LogP contribution in [0.1, 0.15) is 29.1 Å². The van der Waals surface area contributed by atoms with Crippen molar-refractivity contribution in [1.29, 1.82) is 0 Å². The highest BCUT2D eigenvalue weighted by atomic mass is 16.4. The van der Waals surface area contributed by atoms with Gasteiger partial charge in [0, 0.05) is 35.4 Å². The monoisotopic (exact) mass is 350 g/mol. The molecule has 0 saturated heterocycles. The average Bonchev–Trinajstić information content (AvgIpc) is 3.02. The van der Waals surface area contributed by atoms with Crippen LogP contribution in [0.3, 0.4) is 0 Å². The Bertz CT molecular complexity index is 948. The molecule has 6 heteroatoms. The molecule has 1 aliphatic heterocycles. The van der Waals surface area contributed by atoms with Crippen molar-refractivity contribution in [2.24, 2.45) is 5.16 Å². The van der Waals surface area contributed by atoms with E-state index in [2.05, 4.69) is 44.3 Å². The highest BCUT2D eigenvalue weighted by Crippen LogP contribution is 2.27. The highest BCUT2D eigenvalue weighted by Gasteiger charge is 2.19. The number of benzene rings is 1. The number of hydrogen-bond donors (Lipinski definition) is 3. The van der Waals surface area contributed by atoms with Crippen LogP contribution in [0.25, 0.3) is 10.9 Å². The van der Waals surface area contributed by atoms with Gasteiger partial charge in [0.05, 0.1) is 6.21 Å². The topological polar surface area (TPSA) is 84.7 Å². The molecule has 134 valence electrons. The Balaban J connectivity index is 1.37. The zero-order valence-electron chi connectivity index (χ0n) is 14.5. The summed E-state index contributed by atoms with van der Waals surface area (Å²) >= 11 is 0. The van der Waals surface area contributed by atoms with Gasteiger partial charge in [-0.1, -0.05) is 23.4 Å². The Morgan fingerprint density at radius 1 is 1.23 bits per heavy atom. The summed E-state index contributed by atoms with van der Waals surface area (Å²) in [5.74, 6) is 0.0221. The number of nitrogens with one attached hydrogen (secondary N) is 1. The van der Waals surface area contributed by atoms with Crippen molar-refractivity contribution in [2.75, 3.05) is 13.1 Å². The molecule has 0 saturated carbocycles. The summed E-state index contributed by atoms with van der Waals surface area (Å²) < 4.78 is 0. The van der Waals surface area contributed by atoms with Gasteiger partial charge in [-0.05, 0) is 49.6 Å². The van der Waals surface area contributed by atoms with Gasteiger partial charge in [0.1, 0.15) is 11.4 Å². The minimum absolute atomic E-state index is 0.0221. The summed E-state index contributed by atoms with van der Waals surface area (Å²) in [7, 11) is 0. The maximum atomic E-state index is 9.67. The van der Waals surface area contributed by atoms with E-state index in [0.29, 0.717) is 5.69 Å². The van der Waals surface area contributed by atoms with E-state index in [0.717, 1.165) is 50.8 Å². The molecule has 6 nitrogen and oxygen atoms in total. The van der Waals surface area contributed by atoms with Crippen LogP contribution in [-0.4, -0.2) is 44.5 Å². The molecule has 1 aliphatic rings. The zero-order valence-corrected chi connectivity index (χ0v) is 14.5. The summed E-state index contributed by atoms with van der Waals surface area (Å²) in [6.45, 7) is 3.02. The van der Waals surface area contributed by atoms with Gasteiger partial charge in [-0.3, -0.25) is 4.90 Å². The van der Waals surface area contributed by atoms with Gasteiger partial charge < -0.3 is 15.3 Å². The smallest absolute Gasteiger partial charge is 0.142 e. The lowest BCUT2D eigenvalue weighted by molar-refractivity contribution is 0.249. The fourth-order valence-corrected chi connectivity index (χ4v) is 3.72. The number of rotatable bonds is 5. The van der Waals surface area contributed by atoms with Crippen molar-refractivity contribution >= 4 is 17.1 Å². The Labute approximate surface area is 151 Å². The minimum Gasteiger partial charge on any atom is -0.506 e. The first kappa shape index (κ1) is 16.6. The summed E-state index contributed by atoms with van der Waals surface area (Å²) in [5, 5.41) is 22.6. The van der Waals surface area contributed by atoms with Gasteiger partial charge in [-0.2, -0.15) is 0 Å². The fourth-order valence-electron chi connectivity index (χ4n) is 3.72. The molecular weight excluding hydrogens is 328 g/mol. The maximum Gasteiger partial charge on any atom is 0.142 e. The van der Waals surface area contributed by atoms with E-state index in [-0.39, 0.29) is 5.75 Å². The molecule has 0 spiro atoms. The quantitative estimate of drug-likeness (QED) is 0.375. The van der Waals surface area contributed by atoms with E-state index in [1.54, 1.807) is 6.07 Å². The molecule has 0 bridgehead atoms. The van der Waals surface area contributed by atoms with E-state index in [4.69, 9.17) is 5.21 Å². The second-order valence-corrected chi connectivity index (χ2v) is 6.71. The molecule has 0 radical (unpaired) electrons. The van der Waals surface area contributed by atoms with Gasteiger partial charge in [-0.15, -0.1) is 0 Å². The molecule has 2 aromatic heterocycles. The number of aromatic amines is 1. The van der Waals surface area contributed by atoms with E-state index < -0.39 is 0 Å². The van der Waals surface area contributed by atoms with Crippen LogP contribution in [0.5, 0.6) is 5.75 Å². The number of fused-ring (bicyclic) bond motifs is 3. The molecule has 26 heavy (non-hydrogen) atoms. The molecule has 0 fully saturated rings. The summed E-state index contributed by atoms with van der Waals surface area (Å²) in [5.41, 5.74) is 5.21.